The van der Waals surface area contributed by atoms with Crippen molar-refractivity contribution in [2.75, 3.05) is 6.54 Å². The number of amides is 1. The van der Waals surface area contributed by atoms with Crippen LogP contribution in [0.15, 0.2) is 47.4 Å². The third kappa shape index (κ3) is 4.23. The molecule has 0 bridgehead atoms. The van der Waals surface area contributed by atoms with Crippen LogP contribution in [-0.4, -0.2) is 21.7 Å². The molecule has 3 nitrogen and oxygen atoms in total. The van der Waals surface area contributed by atoms with Crippen molar-refractivity contribution in [2.24, 2.45) is 0 Å². The van der Waals surface area contributed by atoms with Gasteiger partial charge in [-0.1, -0.05) is 71.4 Å². The smallest absolute Gasteiger partial charge is 0.266 e. The maximum absolute atomic E-state index is 12.4. The van der Waals surface area contributed by atoms with Crippen LogP contribution >= 0.6 is 47.2 Å². The molecule has 1 heterocycles. The average molecular weight is 424 g/mol. The highest BCUT2D eigenvalue weighted by atomic mass is 35.5. The van der Waals surface area contributed by atoms with E-state index in [9.17, 15) is 4.79 Å². The van der Waals surface area contributed by atoms with Crippen LogP contribution < -0.4 is 4.74 Å². The first-order chi connectivity index (χ1) is 12.5. The van der Waals surface area contributed by atoms with Crippen molar-refractivity contribution in [3.8, 4) is 5.75 Å². The predicted molar refractivity (Wildman–Crippen MR) is 113 cm³/mol. The number of hydrogen-bond donors (Lipinski definition) is 0. The SMILES string of the molecule is CCN1C(=O)/C(=C/c2ccccc2OCc2ccc(Cl)c(Cl)c2)SC1=S. The maximum Gasteiger partial charge on any atom is 0.266 e. The number of thioether (sulfide) groups is 1. The van der Waals surface area contributed by atoms with Gasteiger partial charge in [-0.15, -0.1) is 0 Å². The molecule has 0 saturated carbocycles. The van der Waals surface area contributed by atoms with E-state index < -0.39 is 0 Å². The van der Waals surface area contributed by atoms with Gasteiger partial charge in [0.05, 0.1) is 15.0 Å². The first kappa shape index (κ1) is 19.2. The molecule has 26 heavy (non-hydrogen) atoms. The van der Waals surface area contributed by atoms with Gasteiger partial charge in [0.15, 0.2) is 0 Å². The van der Waals surface area contributed by atoms with Crippen LogP contribution in [0, 0.1) is 0 Å². The topological polar surface area (TPSA) is 29.5 Å². The molecule has 1 amide bonds. The Morgan fingerprint density at radius 1 is 1.19 bits per heavy atom. The summed E-state index contributed by atoms with van der Waals surface area (Å²) in [5, 5.41) is 0.998. The maximum atomic E-state index is 12.4. The van der Waals surface area contributed by atoms with E-state index in [1.807, 2.05) is 43.3 Å². The normalized spacial score (nSPS) is 15.8. The van der Waals surface area contributed by atoms with Crippen molar-refractivity contribution >= 4 is 63.5 Å². The molecule has 0 aromatic heterocycles. The Morgan fingerprint density at radius 2 is 1.96 bits per heavy atom. The standard InChI is InChI=1S/C19H15Cl2NO2S2/c1-2-22-18(23)17(26-19(22)25)10-13-5-3-4-6-16(13)24-11-12-7-8-14(20)15(21)9-12/h3-10H,2,11H2,1H3/b17-10-. The molecule has 2 aromatic carbocycles. The molecule has 1 aliphatic rings. The Balaban J connectivity index is 1.80. The number of rotatable bonds is 5. The van der Waals surface area contributed by atoms with Crippen molar-refractivity contribution in [2.45, 2.75) is 13.5 Å². The van der Waals surface area contributed by atoms with Crippen LogP contribution in [0.1, 0.15) is 18.1 Å². The second kappa shape index (κ2) is 8.44. The molecule has 0 spiro atoms. The lowest BCUT2D eigenvalue weighted by Crippen LogP contribution is -2.27. The largest absolute Gasteiger partial charge is 0.488 e. The lowest BCUT2D eigenvalue weighted by molar-refractivity contribution is -0.121. The number of thiocarbonyl (C=S) groups is 1. The summed E-state index contributed by atoms with van der Waals surface area (Å²) in [5.41, 5.74) is 1.73. The van der Waals surface area contributed by atoms with Crippen molar-refractivity contribution in [1.82, 2.24) is 4.90 Å². The molecule has 0 N–H and O–H groups in total. The van der Waals surface area contributed by atoms with Gasteiger partial charge >= 0.3 is 0 Å². The molecular formula is C19H15Cl2NO2S2. The fraction of sp³-hybridized carbons (Fsp3) is 0.158. The number of ether oxygens (including phenoxy) is 1. The summed E-state index contributed by atoms with van der Waals surface area (Å²) in [6, 6.07) is 12.9. The van der Waals surface area contributed by atoms with Gasteiger partial charge in [0.1, 0.15) is 16.7 Å². The lowest BCUT2D eigenvalue weighted by Gasteiger charge is -2.11. The van der Waals surface area contributed by atoms with E-state index in [0.717, 1.165) is 11.1 Å². The fourth-order valence-corrected chi connectivity index (χ4v) is 4.13. The molecule has 3 rings (SSSR count). The van der Waals surface area contributed by atoms with E-state index in [2.05, 4.69) is 0 Å². The second-order valence-corrected chi connectivity index (χ2v) is 7.99. The quantitative estimate of drug-likeness (QED) is 0.449. The Kier molecular flexibility index (Phi) is 6.24. The fourth-order valence-electron chi connectivity index (χ4n) is 2.44. The zero-order chi connectivity index (χ0) is 18.7. The van der Waals surface area contributed by atoms with Crippen LogP contribution in [-0.2, 0) is 11.4 Å². The van der Waals surface area contributed by atoms with Gasteiger partial charge in [-0.2, -0.15) is 0 Å². The predicted octanol–water partition coefficient (Wildman–Crippen LogP) is 5.79. The minimum atomic E-state index is -0.0678. The molecule has 0 atom stereocenters. The molecule has 7 heteroatoms. The molecule has 2 aromatic rings. The van der Waals surface area contributed by atoms with Crippen molar-refractivity contribution in [1.29, 1.82) is 0 Å². The van der Waals surface area contributed by atoms with Gasteiger partial charge in [0, 0.05) is 12.1 Å². The highest BCUT2D eigenvalue weighted by molar-refractivity contribution is 8.26. The van der Waals surface area contributed by atoms with Crippen LogP contribution in [0.5, 0.6) is 5.75 Å². The van der Waals surface area contributed by atoms with E-state index >= 15 is 0 Å². The number of likely N-dealkylation sites (N-methyl/N-ethyl adjacent to an activating group) is 1. The monoisotopic (exact) mass is 423 g/mol. The summed E-state index contributed by atoms with van der Waals surface area (Å²) in [7, 11) is 0. The van der Waals surface area contributed by atoms with Crippen molar-refractivity contribution in [3.63, 3.8) is 0 Å². The third-order valence-electron chi connectivity index (χ3n) is 3.77. The van der Waals surface area contributed by atoms with Crippen LogP contribution in [0.2, 0.25) is 10.0 Å². The summed E-state index contributed by atoms with van der Waals surface area (Å²) >= 11 is 18.5. The molecular weight excluding hydrogens is 409 g/mol. The number of halogens is 2. The molecule has 1 fully saturated rings. The molecule has 1 saturated heterocycles. The van der Waals surface area contributed by atoms with E-state index in [0.29, 0.717) is 38.2 Å². The number of para-hydroxylation sites is 1. The number of benzene rings is 2. The summed E-state index contributed by atoms with van der Waals surface area (Å²) in [6.45, 7) is 2.82. The molecule has 134 valence electrons. The van der Waals surface area contributed by atoms with E-state index in [4.69, 9.17) is 40.2 Å². The second-order valence-electron chi connectivity index (χ2n) is 5.50. The summed E-state index contributed by atoms with van der Waals surface area (Å²) < 4.78 is 6.51. The van der Waals surface area contributed by atoms with Gasteiger partial charge in [-0.3, -0.25) is 9.69 Å². The average Bonchev–Trinajstić information content (AvgIpc) is 2.90. The number of nitrogens with zero attached hydrogens (tertiary/aromatic N) is 1. The molecule has 0 aliphatic carbocycles. The highest BCUT2D eigenvalue weighted by Crippen LogP contribution is 2.34. The molecule has 0 unspecified atom stereocenters. The third-order valence-corrected chi connectivity index (χ3v) is 5.89. The van der Waals surface area contributed by atoms with Gasteiger partial charge in [-0.25, -0.2) is 0 Å². The number of carbonyl (C=O) groups is 1. The van der Waals surface area contributed by atoms with E-state index in [-0.39, 0.29) is 5.91 Å². The zero-order valence-corrected chi connectivity index (χ0v) is 17.0. The minimum absolute atomic E-state index is 0.0678. The van der Waals surface area contributed by atoms with Crippen LogP contribution in [0.4, 0.5) is 0 Å². The van der Waals surface area contributed by atoms with E-state index in [1.165, 1.54) is 11.8 Å². The van der Waals surface area contributed by atoms with Crippen LogP contribution in [0.25, 0.3) is 6.08 Å². The minimum Gasteiger partial charge on any atom is -0.488 e. The first-order valence-corrected chi connectivity index (χ1v) is 9.88. The lowest BCUT2D eigenvalue weighted by atomic mass is 10.1. The van der Waals surface area contributed by atoms with Crippen molar-refractivity contribution < 1.29 is 9.53 Å². The number of hydrogen-bond acceptors (Lipinski definition) is 4. The number of carbonyl (C=O) groups excluding carboxylic acids is 1. The summed E-state index contributed by atoms with van der Waals surface area (Å²) in [6.07, 6.45) is 1.82. The Labute approximate surface area is 171 Å². The summed E-state index contributed by atoms with van der Waals surface area (Å²) in [4.78, 5) is 14.6. The van der Waals surface area contributed by atoms with Gasteiger partial charge in [-0.05, 0) is 36.8 Å². The first-order valence-electron chi connectivity index (χ1n) is 7.90. The molecule has 0 radical (unpaired) electrons. The Bertz CT molecular complexity index is 899. The Morgan fingerprint density at radius 3 is 2.65 bits per heavy atom. The van der Waals surface area contributed by atoms with Gasteiger partial charge < -0.3 is 4.74 Å². The van der Waals surface area contributed by atoms with Gasteiger partial charge in [0.2, 0.25) is 0 Å². The van der Waals surface area contributed by atoms with Crippen LogP contribution in [0.3, 0.4) is 0 Å². The molecule has 1 aliphatic heterocycles. The van der Waals surface area contributed by atoms with Crippen molar-refractivity contribution in [3.05, 3.63) is 68.5 Å². The van der Waals surface area contributed by atoms with E-state index in [1.54, 1.807) is 17.0 Å². The van der Waals surface area contributed by atoms with Gasteiger partial charge in [0.25, 0.3) is 5.91 Å². The summed E-state index contributed by atoms with van der Waals surface area (Å²) in [5.74, 6) is 0.613. The Hall–Kier alpha value is -1.53. The zero-order valence-electron chi connectivity index (χ0n) is 13.9. The highest BCUT2D eigenvalue weighted by Gasteiger charge is 2.30.